The van der Waals surface area contributed by atoms with Crippen LogP contribution in [-0.2, 0) is 21.3 Å². The molecule has 0 aromatic heterocycles. The summed E-state index contributed by atoms with van der Waals surface area (Å²) in [5, 5.41) is 8.86. The smallest absolute Gasteiger partial charge is 0.335 e. The van der Waals surface area contributed by atoms with Crippen LogP contribution in [0.1, 0.15) is 22.8 Å². The molecule has 2 rings (SSSR count). The van der Waals surface area contributed by atoms with Gasteiger partial charge in [0, 0.05) is 13.2 Å². The molecule has 140 valence electrons. The molecule has 0 unspecified atom stereocenters. The number of ether oxygens (including phenoxy) is 2. The molecule has 0 aliphatic heterocycles. The first-order valence-corrected chi connectivity index (χ1v) is 9.53. The van der Waals surface area contributed by atoms with Gasteiger partial charge in [-0.25, -0.2) is 17.9 Å². The molecule has 0 radical (unpaired) electrons. The summed E-state index contributed by atoms with van der Waals surface area (Å²) in [5.41, 5.74) is 0.811. The molecule has 8 heteroatoms. The van der Waals surface area contributed by atoms with E-state index >= 15 is 0 Å². The molecule has 0 spiro atoms. The molecule has 7 nitrogen and oxygen atoms in total. The van der Waals surface area contributed by atoms with Crippen molar-refractivity contribution >= 4 is 16.0 Å². The predicted molar refractivity (Wildman–Crippen MR) is 95.9 cm³/mol. The van der Waals surface area contributed by atoms with Gasteiger partial charge in [-0.3, -0.25) is 0 Å². The lowest BCUT2D eigenvalue weighted by Gasteiger charge is -2.09. The van der Waals surface area contributed by atoms with Gasteiger partial charge in [0.2, 0.25) is 10.0 Å². The van der Waals surface area contributed by atoms with E-state index in [1.807, 2.05) is 6.92 Å². The minimum absolute atomic E-state index is 0.0643. The topological polar surface area (TPSA) is 102 Å². The maximum atomic E-state index is 12.3. The molecule has 0 aliphatic rings. The van der Waals surface area contributed by atoms with Crippen LogP contribution in [0.25, 0.3) is 0 Å². The average Bonchev–Trinajstić information content (AvgIpc) is 2.64. The van der Waals surface area contributed by atoms with Crippen LogP contribution < -0.4 is 9.46 Å². The molecular formula is C18H21NO6S. The highest BCUT2D eigenvalue weighted by Gasteiger charge is 2.14. The quantitative estimate of drug-likeness (QED) is 0.614. The number of nitrogens with one attached hydrogen (secondary N) is 1. The number of carbonyl (C=O) groups is 1. The molecule has 0 fully saturated rings. The van der Waals surface area contributed by atoms with Gasteiger partial charge in [0.05, 0.1) is 17.1 Å². The Bertz CT molecular complexity index is 816. The third-order valence-electron chi connectivity index (χ3n) is 3.50. The number of sulfonamides is 1. The van der Waals surface area contributed by atoms with E-state index in [-0.39, 0.29) is 17.0 Å². The summed E-state index contributed by atoms with van der Waals surface area (Å²) in [6.07, 6.45) is 0. The Morgan fingerprint density at radius 2 is 1.69 bits per heavy atom. The molecule has 0 saturated heterocycles. The SMILES string of the molecule is CCOCCOc1ccc(S(=O)(=O)NCc2ccc(C(=O)O)cc2)cc1. The third-order valence-corrected chi connectivity index (χ3v) is 4.92. The summed E-state index contributed by atoms with van der Waals surface area (Å²) < 4.78 is 37.7. The largest absolute Gasteiger partial charge is 0.491 e. The highest BCUT2D eigenvalue weighted by Crippen LogP contribution is 2.16. The number of carboxylic acid groups (broad SMARTS) is 1. The maximum Gasteiger partial charge on any atom is 0.335 e. The fourth-order valence-electron chi connectivity index (χ4n) is 2.10. The van der Waals surface area contributed by atoms with E-state index in [9.17, 15) is 13.2 Å². The monoisotopic (exact) mass is 379 g/mol. The van der Waals surface area contributed by atoms with E-state index in [2.05, 4.69) is 4.72 Å². The first kappa shape index (κ1) is 19.9. The Morgan fingerprint density at radius 3 is 2.27 bits per heavy atom. The van der Waals surface area contributed by atoms with Gasteiger partial charge in [0.1, 0.15) is 12.4 Å². The van der Waals surface area contributed by atoms with Crippen LogP contribution >= 0.6 is 0 Å². The van der Waals surface area contributed by atoms with Gasteiger partial charge >= 0.3 is 5.97 Å². The number of aromatic carboxylic acids is 1. The van der Waals surface area contributed by atoms with Crippen molar-refractivity contribution in [1.29, 1.82) is 0 Å². The van der Waals surface area contributed by atoms with Crippen molar-refractivity contribution in [3.05, 3.63) is 59.7 Å². The van der Waals surface area contributed by atoms with Crippen LogP contribution in [-0.4, -0.2) is 39.3 Å². The van der Waals surface area contributed by atoms with E-state index in [1.54, 1.807) is 24.3 Å². The van der Waals surface area contributed by atoms with Gasteiger partial charge in [-0.2, -0.15) is 0 Å². The van der Waals surface area contributed by atoms with E-state index in [0.717, 1.165) is 0 Å². The van der Waals surface area contributed by atoms with Gasteiger partial charge < -0.3 is 14.6 Å². The minimum Gasteiger partial charge on any atom is -0.491 e. The molecule has 0 amide bonds. The van der Waals surface area contributed by atoms with Crippen molar-refractivity contribution in [2.75, 3.05) is 19.8 Å². The number of rotatable bonds is 10. The van der Waals surface area contributed by atoms with Crippen molar-refractivity contribution < 1.29 is 27.8 Å². The Hall–Kier alpha value is -2.42. The molecular weight excluding hydrogens is 358 g/mol. The Balaban J connectivity index is 1.93. The molecule has 26 heavy (non-hydrogen) atoms. The second-order valence-electron chi connectivity index (χ2n) is 5.34. The predicted octanol–water partition coefficient (Wildman–Crippen LogP) is 2.28. The number of benzene rings is 2. The summed E-state index contributed by atoms with van der Waals surface area (Å²) in [6.45, 7) is 3.44. The molecule has 0 saturated carbocycles. The fraction of sp³-hybridized carbons (Fsp3) is 0.278. The van der Waals surface area contributed by atoms with Crippen LogP contribution in [0.15, 0.2) is 53.4 Å². The molecule has 0 heterocycles. The standard InChI is InChI=1S/C18H21NO6S/c1-2-24-11-12-25-16-7-9-17(10-8-16)26(22,23)19-13-14-3-5-15(6-4-14)18(20)21/h3-10,19H,2,11-13H2,1H3,(H,20,21). The van der Waals surface area contributed by atoms with E-state index in [4.69, 9.17) is 14.6 Å². The van der Waals surface area contributed by atoms with Crippen molar-refractivity contribution in [3.8, 4) is 5.75 Å². The summed E-state index contributed by atoms with van der Waals surface area (Å²) in [5.74, 6) is -0.464. The Kier molecular flexibility index (Phi) is 7.14. The summed E-state index contributed by atoms with van der Waals surface area (Å²) >= 11 is 0. The lowest BCUT2D eigenvalue weighted by atomic mass is 10.1. The normalized spacial score (nSPS) is 11.3. The Labute approximate surface area is 152 Å². The van der Waals surface area contributed by atoms with Crippen molar-refractivity contribution in [2.24, 2.45) is 0 Å². The van der Waals surface area contributed by atoms with Gasteiger partial charge in [-0.15, -0.1) is 0 Å². The summed E-state index contributed by atoms with van der Waals surface area (Å²) in [6, 6.07) is 12.1. The highest BCUT2D eigenvalue weighted by atomic mass is 32.2. The van der Waals surface area contributed by atoms with Crippen molar-refractivity contribution in [2.45, 2.75) is 18.4 Å². The number of hydrogen-bond acceptors (Lipinski definition) is 5. The molecule has 0 bridgehead atoms. The van der Waals surface area contributed by atoms with E-state index < -0.39 is 16.0 Å². The molecule has 0 atom stereocenters. The first-order chi connectivity index (χ1) is 12.4. The lowest BCUT2D eigenvalue weighted by Crippen LogP contribution is -2.23. The number of carboxylic acids is 1. The second kappa shape index (κ2) is 9.33. The molecule has 2 aromatic rings. The van der Waals surface area contributed by atoms with E-state index in [0.29, 0.717) is 31.1 Å². The van der Waals surface area contributed by atoms with Gasteiger partial charge in [0.15, 0.2) is 0 Å². The molecule has 0 aliphatic carbocycles. The van der Waals surface area contributed by atoms with Crippen molar-refractivity contribution in [3.63, 3.8) is 0 Å². The van der Waals surface area contributed by atoms with Crippen LogP contribution in [0, 0.1) is 0 Å². The highest BCUT2D eigenvalue weighted by molar-refractivity contribution is 7.89. The lowest BCUT2D eigenvalue weighted by molar-refractivity contribution is 0.0697. The zero-order valence-corrected chi connectivity index (χ0v) is 15.2. The zero-order valence-electron chi connectivity index (χ0n) is 14.3. The minimum atomic E-state index is -3.68. The maximum absolute atomic E-state index is 12.3. The first-order valence-electron chi connectivity index (χ1n) is 8.05. The van der Waals surface area contributed by atoms with Gasteiger partial charge in [0.25, 0.3) is 0 Å². The van der Waals surface area contributed by atoms with E-state index in [1.165, 1.54) is 24.3 Å². The van der Waals surface area contributed by atoms with Crippen LogP contribution in [0.5, 0.6) is 5.75 Å². The van der Waals surface area contributed by atoms with Crippen LogP contribution in [0.3, 0.4) is 0 Å². The average molecular weight is 379 g/mol. The van der Waals surface area contributed by atoms with Crippen LogP contribution in [0.4, 0.5) is 0 Å². The molecule has 2 aromatic carbocycles. The van der Waals surface area contributed by atoms with Gasteiger partial charge in [-0.05, 0) is 48.9 Å². The third kappa shape index (κ3) is 5.83. The number of hydrogen-bond donors (Lipinski definition) is 2. The van der Waals surface area contributed by atoms with Crippen molar-refractivity contribution in [1.82, 2.24) is 4.72 Å². The summed E-state index contributed by atoms with van der Waals surface area (Å²) in [7, 11) is -3.68. The van der Waals surface area contributed by atoms with Crippen LogP contribution in [0.2, 0.25) is 0 Å². The molecule has 2 N–H and O–H groups in total. The Morgan fingerprint density at radius 1 is 1.04 bits per heavy atom. The van der Waals surface area contributed by atoms with Gasteiger partial charge in [-0.1, -0.05) is 12.1 Å². The summed E-state index contributed by atoms with van der Waals surface area (Å²) in [4.78, 5) is 10.9. The fourth-order valence-corrected chi connectivity index (χ4v) is 3.12. The zero-order chi connectivity index (χ0) is 19.0. The second-order valence-corrected chi connectivity index (χ2v) is 7.11.